The van der Waals surface area contributed by atoms with E-state index in [2.05, 4.69) is 52.0 Å². The minimum atomic E-state index is -0.697. The molecule has 29 heavy (non-hydrogen) atoms. The average molecular weight is 398 g/mol. The Kier molecular flexibility index (Phi) is 8.42. The monoisotopic (exact) mass is 397 g/mol. The van der Waals surface area contributed by atoms with Gasteiger partial charge in [-0.25, -0.2) is 0 Å². The van der Waals surface area contributed by atoms with Crippen LogP contribution in [0.15, 0.2) is 24.3 Å². The summed E-state index contributed by atoms with van der Waals surface area (Å²) in [5, 5.41) is 10.3. The van der Waals surface area contributed by atoms with Gasteiger partial charge in [-0.15, -0.1) is 0 Å². The van der Waals surface area contributed by atoms with Crippen molar-refractivity contribution in [2.24, 2.45) is 0 Å². The highest BCUT2D eigenvalue weighted by Crippen LogP contribution is 2.35. The van der Waals surface area contributed by atoms with Crippen molar-refractivity contribution in [1.82, 2.24) is 4.98 Å². The molecule has 0 radical (unpaired) electrons. The quantitative estimate of drug-likeness (QED) is 0.506. The standard InChI is InChI=1S/C26H39NO2/c1-8-12-23(29-7)24-18(4)27-22(17-21(24)15-16-26(5,6)28)25-19(9-2)13-11-14-20(25)10-3/h11,13-14,17,23,28H,8-10,12,15-16H2,1-7H3. The van der Waals surface area contributed by atoms with Gasteiger partial charge in [-0.1, -0.05) is 45.4 Å². The van der Waals surface area contributed by atoms with Gasteiger partial charge in [0.1, 0.15) is 0 Å². The Morgan fingerprint density at radius 2 is 1.69 bits per heavy atom. The number of methoxy groups -OCH3 is 1. The molecule has 0 bridgehead atoms. The van der Waals surface area contributed by atoms with Gasteiger partial charge < -0.3 is 9.84 Å². The fourth-order valence-electron chi connectivity index (χ4n) is 4.18. The maximum absolute atomic E-state index is 10.3. The number of aliphatic hydroxyl groups is 1. The number of pyridine rings is 1. The van der Waals surface area contributed by atoms with Crippen LogP contribution in [-0.4, -0.2) is 22.8 Å². The predicted octanol–water partition coefficient (Wildman–Crippen LogP) is 6.37. The smallest absolute Gasteiger partial charge is 0.0841 e. The summed E-state index contributed by atoms with van der Waals surface area (Å²) in [6, 6.07) is 8.83. The van der Waals surface area contributed by atoms with Gasteiger partial charge in [-0.3, -0.25) is 4.98 Å². The summed E-state index contributed by atoms with van der Waals surface area (Å²) in [6.45, 7) is 12.5. The average Bonchev–Trinajstić information content (AvgIpc) is 2.69. The van der Waals surface area contributed by atoms with Crippen LogP contribution in [0.25, 0.3) is 11.3 Å². The van der Waals surface area contributed by atoms with E-state index in [1.807, 2.05) is 13.8 Å². The molecule has 0 spiro atoms. The second-order valence-corrected chi connectivity index (χ2v) is 8.65. The summed E-state index contributed by atoms with van der Waals surface area (Å²) in [7, 11) is 1.79. The van der Waals surface area contributed by atoms with Crippen LogP contribution in [0.3, 0.4) is 0 Å². The van der Waals surface area contributed by atoms with E-state index in [4.69, 9.17) is 9.72 Å². The van der Waals surface area contributed by atoms with Gasteiger partial charge in [0.2, 0.25) is 0 Å². The molecule has 0 aliphatic heterocycles. The topological polar surface area (TPSA) is 42.4 Å². The first-order valence-corrected chi connectivity index (χ1v) is 11.1. The summed E-state index contributed by atoms with van der Waals surface area (Å²) in [4.78, 5) is 5.07. The molecular weight excluding hydrogens is 358 g/mol. The molecule has 3 heteroatoms. The van der Waals surface area contributed by atoms with E-state index >= 15 is 0 Å². The van der Waals surface area contributed by atoms with Crippen LogP contribution < -0.4 is 0 Å². The first-order chi connectivity index (χ1) is 13.8. The number of hydrogen-bond acceptors (Lipinski definition) is 3. The van der Waals surface area contributed by atoms with Crippen LogP contribution in [-0.2, 0) is 24.0 Å². The molecule has 0 saturated heterocycles. The summed E-state index contributed by atoms with van der Waals surface area (Å²) >= 11 is 0. The predicted molar refractivity (Wildman–Crippen MR) is 122 cm³/mol. The number of hydrogen-bond donors (Lipinski definition) is 1. The lowest BCUT2D eigenvalue weighted by Crippen LogP contribution is -2.20. The Labute approximate surface area is 177 Å². The summed E-state index contributed by atoms with van der Waals surface area (Å²) < 4.78 is 5.86. The molecule has 160 valence electrons. The summed E-state index contributed by atoms with van der Waals surface area (Å²) in [6.07, 6.45) is 5.58. The van der Waals surface area contributed by atoms with E-state index in [0.717, 1.165) is 43.5 Å². The highest BCUT2D eigenvalue weighted by molar-refractivity contribution is 5.69. The van der Waals surface area contributed by atoms with E-state index < -0.39 is 5.60 Å². The highest BCUT2D eigenvalue weighted by atomic mass is 16.5. The summed E-state index contributed by atoms with van der Waals surface area (Å²) in [5.74, 6) is 0. The van der Waals surface area contributed by atoms with Gasteiger partial charge >= 0.3 is 0 Å². The molecule has 2 rings (SSSR count). The van der Waals surface area contributed by atoms with E-state index in [-0.39, 0.29) is 6.10 Å². The minimum absolute atomic E-state index is 0.0467. The van der Waals surface area contributed by atoms with Gasteiger partial charge in [-0.2, -0.15) is 0 Å². The maximum Gasteiger partial charge on any atom is 0.0841 e. The number of benzene rings is 1. The van der Waals surface area contributed by atoms with E-state index in [0.29, 0.717) is 6.42 Å². The van der Waals surface area contributed by atoms with Gasteiger partial charge in [0.15, 0.2) is 0 Å². The van der Waals surface area contributed by atoms with Crippen LogP contribution in [0, 0.1) is 6.92 Å². The normalized spacial score (nSPS) is 13.0. The van der Waals surface area contributed by atoms with Crippen LogP contribution in [0.5, 0.6) is 0 Å². The Morgan fingerprint density at radius 1 is 1.07 bits per heavy atom. The third-order valence-corrected chi connectivity index (χ3v) is 5.75. The molecule has 1 unspecified atom stereocenters. The molecule has 1 aromatic carbocycles. The Bertz CT molecular complexity index is 783. The Balaban J connectivity index is 2.67. The van der Waals surface area contributed by atoms with E-state index in [1.165, 1.54) is 27.8 Å². The zero-order valence-electron chi connectivity index (χ0n) is 19.4. The lowest BCUT2D eigenvalue weighted by atomic mass is 9.88. The molecule has 1 heterocycles. The second kappa shape index (κ2) is 10.4. The van der Waals surface area contributed by atoms with Gasteiger partial charge in [0, 0.05) is 23.9 Å². The second-order valence-electron chi connectivity index (χ2n) is 8.65. The number of rotatable bonds is 10. The lowest BCUT2D eigenvalue weighted by molar-refractivity contribution is 0.0700. The van der Waals surface area contributed by atoms with Crippen molar-refractivity contribution in [3.8, 4) is 11.3 Å². The molecule has 0 saturated carbocycles. The number of aromatic nitrogens is 1. The fourth-order valence-corrected chi connectivity index (χ4v) is 4.18. The van der Waals surface area contributed by atoms with Crippen molar-refractivity contribution in [2.45, 2.75) is 91.8 Å². The zero-order valence-corrected chi connectivity index (χ0v) is 19.4. The molecule has 3 nitrogen and oxygen atoms in total. The first-order valence-electron chi connectivity index (χ1n) is 11.1. The first kappa shape index (κ1) is 23.6. The SMILES string of the molecule is CCCC(OC)c1c(CCC(C)(C)O)cc(-c2c(CC)cccc2CC)nc1C. The molecule has 1 N–H and O–H groups in total. The van der Waals surface area contributed by atoms with Crippen molar-refractivity contribution in [2.75, 3.05) is 7.11 Å². The summed E-state index contributed by atoms with van der Waals surface area (Å²) in [5.41, 5.74) is 7.82. The molecule has 0 fully saturated rings. The molecular formula is C26H39NO2. The van der Waals surface area contributed by atoms with Crippen LogP contribution in [0.2, 0.25) is 0 Å². The van der Waals surface area contributed by atoms with Crippen LogP contribution in [0.1, 0.15) is 87.9 Å². The van der Waals surface area contributed by atoms with Crippen LogP contribution >= 0.6 is 0 Å². The number of aryl methyl sites for hydroxylation is 4. The maximum atomic E-state index is 10.3. The van der Waals surface area contributed by atoms with Gasteiger partial charge in [0.05, 0.1) is 17.4 Å². The van der Waals surface area contributed by atoms with Crippen molar-refractivity contribution in [3.63, 3.8) is 0 Å². The zero-order chi connectivity index (χ0) is 21.6. The molecule has 0 aliphatic rings. The number of nitrogens with zero attached hydrogens (tertiary/aromatic N) is 1. The number of ether oxygens (including phenoxy) is 1. The molecule has 1 atom stereocenters. The lowest BCUT2D eigenvalue weighted by Gasteiger charge is -2.24. The fraction of sp³-hybridized carbons (Fsp3) is 0.577. The molecule has 0 amide bonds. The van der Waals surface area contributed by atoms with E-state index in [9.17, 15) is 5.11 Å². The molecule has 2 aromatic rings. The van der Waals surface area contributed by atoms with Gasteiger partial charge in [-0.05, 0) is 75.6 Å². The Hall–Kier alpha value is -1.71. The Morgan fingerprint density at radius 3 is 2.17 bits per heavy atom. The van der Waals surface area contributed by atoms with Crippen molar-refractivity contribution in [3.05, 3.63) is 52.2 Å². The van der Waals surface area contributed by atoms with E-state index in [1.54, 1.807) is 7.11 Å². The van der Waals surface area contributed by atoms with Crippen molar-refractivity contribution < 1.29 is 9.84 Å². The third-order valence-electron chi connectivity index (χ3n) is 5.75. The van der Waals surface area contributed by atoms with Crippen molar-refractivity contribution in [1.29, 1.82) is 0 Å². The van der Waals surface area contributed by atoms with Crippen molar-refractivity contribution >= 4 is 0 Å². The van der Waals surface area contributed by atoms with Crippen LogP contribution in [0.4, 0.5) is 0 Å². The minimum Gasteiger partial charge on any atom is -0.390 e. The highest BCUT2D eigenvalue weighted by Gasteiger charge is 2.22. The molecule has 0 aliphatic carbocycles. The van der Waals surface area contributed by atoms with Gasteiger partial charge in [0.25, 0.3) is 0 Å². The largest absolute Gasteiger partial charge is 0.390 e. The third kappa shape index (κ3) is 5.90. The molecule has 1 aromatic heterocycles.